The minimum atomic E-state index is 0.712. The molecule has 5 heteroatoms. The molecule has 0 spiro atoms. The zero-order valence-electron chi connectivity index (χ0n) is 11.7. The molecule has 0 aliphatic carbocycles. The van der Waals surface area contributed by atoms with Crippen molar-refractivity contribution in [3.63, 3.8) is 0 Å². The van der Waals surface area contributed by atoms with E-state index >= 15 is 0 Å². The molecule has 0 unspecified atom stereocenters. The number of ether oxygens (including phenoxy) is 1. The summed E-state index contributed by atoms with van der Waals surface area (Å²) in [6.07, 6.45) is 5.37. The second-order valence-electron chi connectivity index (χ2n) is 4.53. The van der Waals surface area contributed by atoms with Crippen molar-refractivity contribution in [2.75, 3.05) is 12.4 Å². The van der Waals surface area contributed by atoms with E-state index in [9.17, 15) is 0 Å². The molecular weight excluding hydrogens is 264 g/mol. The largest absolute Gasteiger partial charge is 0.497 e. The maximum absolute atomic E-state index is 5.16. The highest BCUT2D eigenvalue weighted by molar-refractivity contribution is 5.56. The van der Waals surface area contributed by atoms with Crippen LogP contribution in [0.1, 0.15) is 5.56 Å². The van der Waals surface area contributed by atoms with Crippen molar-refractivity contribution >= 4 is 5.69 Å². The highest BCUT2D eigenvalue weighted by atomic mass is 16.5. The van der Waals surface area contributed by atoms with Crippen molar-refractivity contribution < 1.29 is 4.74 Å². The van der Waals surface area contributed by atoms with Gasteiger partial charge < -0.3 is 10.1 Å². The number of rotatable bonds is 5. The van der Waals surface area contributed by atoms with Gasteiger partial charge in [0.15, 0.2) is 5.82 Å². The van der Waals surface area contributed by atoms with Crippen LogP contribution in [0.25, 0.3) is 5.82 Å². The van der Waals surface area contributed by atoms with Gasteiger partial charge in [0.1, 0.15) is 5.75 Å². The first-order valence-electron chi connectivity index (χ1n) is 6.68. The number of hydrogen-bond acceptors (Lipinski definition) is 4. The normalized spacial score (nSPS) is 10.3. The fourth-order valence-corrected chi connectivity index (χ4v) is 2.05. The maximum atomic E-state index is 5.16. The van der Waals surface area contributed by atoms with Crippen LogP contribution in [0.5, 0.6) is 5.75 Å². The summed E-state index contributed by atoms with van der Waals surface area (Å²) >= 11 is 0. The Morgan fingerprint density at radius 3 is 2.67 bits per heavy atom. The predicted octanol–water partition coefficient (Wildman–Crippen LogP) is 2.89. The predicted molar refractivity (Wildman–Crippen MR) is 81.7 cm³/mol. The van der Waals surface area contributed by atoms with Gasteiger partial charge in [-0.05, 0) is 35.9 Å². The Kier molecular flexibility index (Phi) is 3.82. The molecule has 0 fully saturated rings. The summed E-state index contributed by atoms with van der Waals surface area (Å²) in [5.41, 5.74) is 2.11. The van der Waals surface area contributed by atoms with Gasteiger partial charge in [-0.1, -0.05) is 12.1 Å². The van der Waals surface area contributed by atoms with E-state index in [0.29, 0.717) is 6.54 Å². The third kappa shape index (κ3) is 3.02. The van der Waals surface area contributed by atoms with Gasteiger partial charge in [0.2, 0.25) is 0 Å². The molecular formula is C16H16N4O. The molecule has 1 N–H and O–H groups in total. The van der Waals surface area contributed by atoms with E-state index in [1.54, 1.807) is 24.2 Å². The standard InChI is InChI=1S/C16H16N4O/c1-21-14-7-5-13(6-8-14)12-18-15-4-2-9-17-16(15)20-11-3-10-19-20/h2-11,18H,12H2,1H3. The van der Waals surface area contributed by atoms with Crippen molar-refractivity contribution in [3.8, 4) is 11.6 Å². The summed E-state index contributed by atoms with van der Waals surface area (Å²) < 4.78 is 6.90. The molecule has 21 heavy (non-hydrogen) atoms. The molecule has 3 aromatic rings. The van der Waals surface area contributed by atoms with E-state index in [2.05, 4.69) is 15.4 Å². The highest BCUT2D eigenvalue weighted by Gasteiger charge is 2.05. The fourth-order valence-electron chi connectivity index (χ4n) is 2.05. The molecule has 0 aliphatic rings. The van der Waals surface area contributed by atoms with E-state index in [0.717, 1.165) is 17.3 Å². The van der Waals surface area contributed by atoms with Gasteiger partial charge >= 0.3 is 0 Å². The smallest absolute Gasteiger partial charge is 0.176 e. The average Bonchev–Trinajstić information content (AvgIpc) is 3.08. The van der Waals surface area contributed by atoms with Gasteiger partial charge in [0.25, 0.3) is 0 Å². The molecule has 0 atom stereocenters. The third-order valence-corrected chi connectivity index (χ3v) is 3.15. The molecule has 0 saturated heterocycles. The summed E-state index contributed by atoms with van der Waals surface area (Å²) in [5, 5.41) is 7.61. The van der Waals surface area contributed by atoms with Crippen LogP contribution in [0.15, 0.2) is 61.1 Å². The summed E-state index contributed by atoms with van der Waals surface area (Å²) in [7, 11) is 1.67. The Morgan fingerprint density at radius 1 is 1.10 bits per heavy atom. The Hall–Kier alpha value is -2.82. The van der Waals surface area contributed by atoms with Gasteiger partial charge in [-0.25, -0.2) is 9.67 Å². The lowest BCUT2D eigenvalue weighted by Gasteiger charge is -2.11. The average molecular weight is 280 g/mol. The summed E-state index contributed by atoms with van der Waals surface area (Å²) in [4.78, 5) is 4.38. The lowest BCUT2D eigenvalue weighted by atomic mass is 10.2. The van der Waals surface area contributed by atoms with Crippen LogP contribution in [0.3, 0.4) is 0 Å². The van der Waals surface area contributed by atoms with E-state index in [1.807, 2.05) is 48.7 Å². The topological polar surface area (TPSA) is 52.0 Å². The Balaban J connectivity index is 1.76. The van der Waals surface area contributed by atoms with Crippen molar-refractivity contribution in [1.29, 1.82) is 0 Å². The van der Waals surface area contributed by atoms with Crippen LogP contribution in [0.2, 0.25) is 0 Å². The molecule has 0 saturated carbocycles. The molecule has 2 aromatic heterocycles. The van der Waals surface area contributed by atoms with Crippen molar-refractivity contribution in [3.05, 3.63) is 66.6 Å². The van der Waals surface area contributed by atoms with Crippen LogP contribution in [0, 0.1) is 0 Å². The van der Waals surface area contributed by atoms with E-state index in [4.69, 9.17) is 4.74 Å². The number of benzene rings is 1. The van der Waals surface area contributed by atoms with Crippen molar-refractivity contribution in [2.24, 2.45) is 0 Å². The summed E-state index contributed by atoms with van der Waals surface area (Å²) in [5.74, 6) is 1.65. The summed E-state index contributed by atoms with van der Waals surface area (Å²) in [6.45, 7) is 0.712. The molecule has 3 rings (SSSR count). The molecule has 0 radical (unpaired) electrons. The maximum Gasteiger partial charge on any atom is 0.176 e. The zero-order chi connectivity index (χ0) is 14.5. The third-order valence-electron chi connectivity index (χ3n) is 3.15. The van der Waals surface area contributed by atoms with Crippen molar-refractivity contribution in [1.82, 2.24) is 14.8 Å². The van der Waals surface area contributed by atoms with E-state index < -0.39 is 0 Å². The lowest BCUT2D eigenvalue weighted by Crippen LogP contribution is -2.06. The second-order valence-corrected chi connectivity index (χ2v) is 4.53. The molecule has 0 aliphatic heterocycles. The van der Waals surface area contributed by atoms with Crippen LogP contribution in [-0.4, -0.2) is 21.9 Å². The van der Waals surface area contributed by atoms with Crippen LogP contribution in [-0.2, 0) is 6.54 Å². The minimum Gasteiger partial charge on any atom is -0.497 e. The highest BCUT2D eigenvalue weighted by Crippen LogP contribution is 2.18. The second kappa shape index (κ2) is 6.09. The van der Waals surface area contributed by atoms with Gasteiger partial charge in [0, 0.05) is 25.1 Å². The Labute approximate surface area is 123 Å². The number of anilines is 1. The van der Waals surface area contributed by atoms with Gasteiger partial charge in [0.05, 0.1) is 12.8 Å². The van der Waals surface area contributed by atoms with Gasteiger partial charge in [-0.2, -0.15) is 5.10 Å². The molecule has 0 amide bonds. The van der Waals surface area contributed by atoms with Crippen LogP contribution in [0.4, 0.5) is 5.69 Å². The Morgan fingerprint density at radius 2 is 1.95 bits per heavy atom. The van der Waals surface area contributed by atoms with E-state index in [-0.39, 0.29) is 0 Å². The van der Waals surface area contributed by atoms with Crippen LogP contribution >= 0.6 is 0 Å². The quantitative estimate of drug-likeness (QED) is 0.780. The molecule has 5 nitrogen and oxygen atoms in total. The SMILES string of the molecule is COc1ccc(CNc2cccnc2-n2cccn2)cc1. The molecule has 106 valence electrons. The monoisotopic (exact) mass is 280 g/mol. The lowest BCUT2D eigenvalue weighted by molar-refractivity contribution is 0.414. The zero-order valence-corrected chi connectivity index (χ0v) is 11.7. The first kappa shape index (κ1) is 13.2. The molecule has 0 bridgehead atoms. The number of pyridine rings is 1. The molecule has 1 aromatic carbocycles. The fraction of sp³-hybridized carbons (Fsp3) is 0.125. The Bertz CT molecular complexity index is 693. The number of aromatic nitrogens is 3. The first-order chi connectivity index (χ1) is 10.4. The minimum absolute atomic E-state index is 0.712. The van der Waals surface area contributed by atoms with Crippen LogP contribution < -0.4 is 10.1 Å². The summed E-state index contributed by atoms with van der Waals surface area (Å²) in [6, 6.07) is 13.8. The van der Waals surface area contributed by atoms with Crippen molar-refractivity contribution in [2.45, 2.75) is 6.54 Å². The number of nitrogens with one attached hydrogen (secondary N) is 1. The molecule has 2 heterocycles. The van der Waals surface area contributed by atoms with Gasteiger partial charge in [-0.15, -0.1) is 0 Å². The van der Waals surface area contributed by atoms with Gasteiger partial charge in [-0.3, -0.25) is 0 Å². The van der Waals surface area contributed by atoms with E-state index in [1.165, 1.54) is 5.56 Å². The number of nitrogens with zero attached hydrogens (tertiary/aromatic N) is 3. The first-order valence-corrected chi connectivity index (χ1v) is 6.68. The number of hydrogen-bond donors (Lipinski definition) is 1. The number of methoxy groups -OCH3 is 1.